The fraction of sp³-hybridized carbons (Fsp3) is 0.111. The molecule has 0 spiro atoms. The summed E-state index contributed by atoms with van der Waals surface area (Å²) in [4.78, 5) is 4.68. The fourth-order valence-electron chi connectivity index (χ4n) is 3.93. The van der Waals surface area contributed by atoms with Gasteiger partial charge >= 0.3 is 6.18 Å². The normalized spacial score (nSPS) is 11.7. The third kappa shape index (κ3) is 3.90. The second-order valence-electron chi connectivity index (χ2n) is 7.95. The van der Waals surface area contributed by atoms with Crippen LogP contribution in [-0.2, 0) is 6.18 Å². The maximum atomic E-state index is 14.4. The Hall–Kier alpha value is -4.13. The first kappa shape index (κ1) is 21.7. The van der Waals surface area contributed by atoms with E-state index in [2.05, 4.69) is 10.1 Å². The first-order chi connectivity index (χ1) is 16.3. The molecule has 170 valence electrons. The van der Waals surface area contributed by atoms with Crippen LogP contribution in [0.1, 0.15) is 11.1 Å². The average molecular weight is 459 g/mol. The fourth-order valence-corrected chi connectivity index (χ4v) is 3.93. The minimum absolute atomic E-state index is 0.0353. The molecule has 7 heteroatoms. The van der Waals surface area contributed by atoms with Crippen molar-refractivity contribution in [3.63, 3.8) is 0 Å². The predicted molar refractivity (Wildman–Crippen MR) is 126 cm³/mol. The number of para-hydroxylation sites is 1. The number of hydrogen-bond acceptors (Lipinski definition) is 3. The maximum absolute atomic E-state index is 14.4. The third-order valence-corrected chi connectivity index (χ3v) is 5.63. The lowest BCUT2D eigenvalue weighted by Crippen LogP contribution is -2.08. The van der Waals surface area contributed by atoms with Crippen molar-refractivity contribution in [1.82, 2.24) is 14.8 Å². The highest BCUT2D eigenvalue weighted by Gasteiger charge is 2.36. The molecule has 34 heavy (non-hydrogen) atoms. The lowest BCUT2D eigenvalue weighted by Gasteiger charge is -2.13. The Balaban J connectivity index is 1.88. The van der Waals surface area contributed by atoms with E-state index in [4.69, 9.17) is 4.74 Å². The van der Waals surface area contributed by atoms with Gasteiger partial charge in [-0.05, 0) is 37.3 Å². The highest BCUT2D eigenvalue weighted by Crippen LogP contribution is 2.41. The minimum atomic E-state index is -4.61. The molecule has 5 rings (SSSR count). The van der Waals surface area contributed by atoms with Gasteiger partial charge in [-0.2, -0.15) is 18.3 Å². The summed E-state index contributed by atoms with van der Waals surface area (Å²) in [6.07, 6.45) is -4.61. The zero-order chi connectivity index (χ0) is 23.9. The van der Waals surface area contributed by atoms with E-state index in [0.29, 0.717) is 22.6 Å². The summed E-state index contributed by atoms with van der Waals surface area (Å²) in [5.74, 6) is 0.532. The number of benzene rings is 3. The van der Waals surface area contributed by atoms with Crippen LogP contribution in [-0.4, -0.2) is 21.9 Å². The third-order valence-electron chi connectivity index (χ3n) is 5.63. The lowest BCUT2D eigenvalue weighted by molar-refractivity contribution is -0.136. The van der Waals surface area contributed by atoms with Gasteiger partial charge < -0.3 is 4.74 Å². The van der Waals surface area contributed by atoms with Crippen LogP contribution in [0.25, 0.3) is 39.2 Å². The van der Waals surface area contributed by atoms with Crippen LogP contribution < -0.4 is 4.74 Å². The van der Waals surface area contributed by atoms with Gasteiger partial charge in [-0.25, -0.2) is 9.67 Å². The number of aryl methyl sites for hydroxylation is 1. The Bertz CT molecular complexity index is 1470. The number of hydrogen-bond donors (Lipinski definition) is 0. The summed E-state index contributed by atoms with van der Waals surface area (Å²) < 4.78 is 50.1. The van der Waals surface area contributed by atoms with E-state index in [1.54, 1.807) is 48.5 Å². The number of alkyl halides is 3. The van der Waals surface area contributed by atoms with Crippen LogP contribution in [0.2, 0.25) is 0 Å². The number of halogens is 3. The Kier molecular flexibility index (Phi) is 5.32. The number of methoxy groups -OCH3 is 1. The van der Waals surface area contributed by atoms with Gasteiger partial charge in [0.1, 0.15) is 11.4 Å². The highest BCUT2D eigenvalue weighted by atomic mass is 19.4. The van der Waals surface area contributed by atoms with Crippen molar-refractivity contribution in [2.24, 2.45) is 0 Å². The summed E-state index contributed by atoms with van der Waals surface area (Å²) >= 11 is 0. The summed E-state index contributed by atoms with van der Waals surface area (Å²) in [6.45, 7) is 1.92. The summed E-state index contributed by atoms with van der Waals surface area (Å²) in [5, 5.41) is 4.60. The number of pyridine rings is 1. The van der Waals surface area contributed by atoms with Crippen molar-refractivity contribution in [3.8, 4) is 34.0 Å². The largest absolute Gasteiger partial charge is 0.497 e. The van der Waals surface area contributed by atoms with E-state index in [9.17, 15) is 13.2 Å². The first-order valence-corrected chi connectivity index (χ1v) is 10.6. The molecule has 0 aliphatic rings. The van der Waals surface area contributed by atoms with Gasteiger partial charge in [0.2, 0.25) is 0 Å². The van der Waals surface area contributed by atoms with Crippen LogP contribution >= 0.6 is 0 Å². The molecule has 0 amide bonds. The number of ether oxygens (including phenoxy) is 1. The van der Waals surface area contributed by atoms with Gasteiger partial charge in [0.25, 0.3) is 0 Å². The number of fused-ring (bicyclic) bond motifs is 1. The SMILES string of the molecule is COc1cccc(-c2cc(C(F)(F)F)c3c(-c4ccc(C)cc4)nn(-c4ccccc4)c3n2)c1. The maximum Gasteiger partial charge on any atom is 0.417 e. The number of rotatable bonds is 4. The smallest absolute Gasteiger partial charge is 0.417 e. The summed E-state index contributed by atoms with van der Waals surface area (Å²) in [6, 6.07) is 24.2. The molecule has 0 radical (unpaired) electrons. The van der Waals surface area contributed by atoms with Crippen molar-refractivity contribution in [2.45, 2.75) is 13.1 Å². The van der Waals surface area contributed by atoms with Crippen LogP contribution in [0.15, 0.2) is 84.9 Å². The van der Waals surface area contributed by atoms with Crippen LogP contribution in [0, 0.1) is 6.92 Å². The van der Waals surface area contributed by atoms with Crippen molar-refractivity contribution in [1.29, 1.82) is 0 Å². The zero-order valence-corrected chi connectivity index (χ0v) is 18.5. The Morgan fingerprint density at radius 3 is 2.24 bits per heavy atom. The van der Waals surface area contributed by atoms with Crippen molar-refractivity contribution >= 4 is 11.0 Å². The predicted octanol–water partition coefficient (Wildman–Crippen LogP) is 7.09. The van der Waals surface area contributed by atoms with E-state index >= 15 is 0 Å². The Morgan fingerprint density at radius 2 is 1.56 bits per heavy atom. The van der Waals surface area contributed by atoms with Crippen molar-refractivity contribution < 1.29 is 17.9 Å². The molecule has 0 unspecified atom stereocenters. The molecule has 2 aromatic heterocycles. The molecular formula is C27H20F3N3O. The minimum Gasteiger partial charge on any atom is -0.497 e. The molecule has 0 aliphatic heterocycles. The van der Waals surface area contributed by atoms with Crippen molar-refractivity contribution in [3.05, 3.63) is 96.1 Å². The standard InChI is InChI=1S/C27H20F3N3O/c1-17-11-13-18(14-12-17)25-24-22(27(28,29)30)16-23(19-7-6-10-21(15-19)34-2)31-26(24)33(32-25)20-8-4-3-5-9-20/h3-16H,1-2H3. The molecule has 2 heterocycles. The van der Waals surface area contributed by atoms with Gasteiger partial charge in [0.05, 0.1) is 29.4 Å². The first-order valence-electron chi connectivity index (χ1n) is 10.6. The molecule has 4 nitrogen and oxygen atoms in total. The van der Waals surface area contributed by atoms with E-state index in [-0.39, 0.29) is 22.4 Å². The topological polar surface area (TPSA) is 39.9 Å². The molecule has 0 fully saturated rings. The molecule has 3 aromatic carbocycles. The van der Waals surface area contributed by atoms with Crippen LogP contribution in [0.5, 0.6) is 5.75 Å². The molecule has 5 aromatic rings. The second kappa shape index (κ2) is 8.33. The van der Waals surface area contributed by atoms with Gasteiger partial charge in [-0.1, -0.05) is 60.2 Å². The van der Waals surface area contributed by atoms with Crippen LogP contribution in [0.3, 0.4) is 0 Å². The Labute approximate surface area is 194 Å². The van der Waals surface area contributed by atoms with Gasteiger partial charge in [0, 0.05) is 11.1 Å². The quantitative estimate of drug-likeness (QED) is 0.288. The van der Waals surface area contributed by atoms with E-state index in [1.807, 2.05) is 37.3 Å². The number of aromatic nitrogens is 3. The molecule has 0 saturated heterocycles. The molecule has 0 aliphatic carbocycles. The van der Waals surface area contributed by atoms with Gasteiger partial charge in [0.15, 0.2) is 5.65 Å². The summed E-state index contributed by atoms with van der Waals surface area (Å²) in [5.41, 5.74) is 2.50. The van der Waals surface area contributed by atoms with Crippen molar-refractivity contribution in [2.75, 3.05) is 7.11 Å². The molecule has 0 saturated carbocycles. The van der Waals surface area contributed by atoms with E-state index in [0.717, 1.165) is 11.6 Å². The average Bonchev–Trinajstić information content (AvgIpc) is 3.23. The van der Waals surface area contributed by atoms with Crippen LogP contribution in [0.4, 0.5) is 13.2 Å². The molecule has 0 N–H and O–H groups in total. The van der Waals surface area contributed by atoms with E-state index < -0.39 is 11.7 Å². The number of nitrogens with zero attached hydrogens (tertiary/aromatic N) is 3. The zero-order valence-electron chi connectivity index (χ0n) is 18.5. The van der Waals surface area contributed by atoms with E-state index in [1.165, 1.54) is 11.8 Å². The monoisotopic (exact) mass is 459 g/mol. The van der Waals surface area contributed by atoms with Gasteiger partial charge in [-0.3, -0.25) is 0 Å². The molecule has 0 bridgehead atoms. The Morgan fingerprint density at radius 1 is 0.824 bits per heavy atom. The molecular weight excluding hydrogens is 439 g/mol. The second-order valence-corrected chi connectivity index (χ2v) is 7.95. The lowest BCUT2D eigenvalue weighted by atomic mass is 10.0. The van der Waals surface area contributed by atoms with Gasteiger partial charge in [-0.15, -0.1) is 0 Å². The summed E-state index contributed by atoms with van der Waals surface area (Å²) in [7, 11) is 1.51. The highest BCUT2D eigenvalue weighted by molar-refractivity contribution is 5.96. The molecule has 0 atom stereocenters.